The number of benzene rings is 1. The van der Waals surface area contributed by atoms with Gasteiger partial charge in [-0.2, -0.15) is 5.26 Å². The first-order valence-electron chi connectivity index (χ1n) is 5.97. The Kier molecular flexibility index (Phi) is 5.60. The number of alkyl carbamates (subject to hydrolysis) is 1. The van der Waals surface area contributed by atoms with Crippen molar-refractivity contribution in [3.05, 3.63) is 32.9 Å². The molecule has 0 aromatic heterocycles. The number of hydrogen-bond acceptors (Lipinski definition) is 3. The van der Waals surface area contributed by atoms with Gasteiger partial charge in [-0.15, -0.1) is 0 Å². The zero-order chi connectivity index (χ0) is 14.5. The van der Waals surface area contributed by atoms with E-state index in [2.05, 4.69) is 34.0 Å². The summed E-state index contributed by atoms with van der Waals surface area (Å²) in [5.41, 5.74) is 1.20. The Morgan fingerprint density at radius 1 is 1.47 bits per heavy atom. The number of amides is 1. The van der Waals surface area contributed by atoms with Gasteiger partial charge in [-0.3, -0.25) is 0 Å². The maximum Gasteiger partial charge on any atom is 0.407 e. The molecule has 1 rings (SSSR count). The van der Waals surface area contributed by atoms with Crippen molar-refractivity contribution < 1.29 is 9.53 Å². The summed E-state index contributed by atoms with van der Waals surface area (Å²) in [6, 6.07) is 7.64. The lowest BCUT2D eigenvalue weighted by Crippen LogP contribution is -2.33. The van der Waals surface area contributed by atoms with Crippen LogP contribution in [-0.4, -0.2) is 18.2 Å². The van der Waals surface area contributed by atoms with E-state index in [4.69, 9.17) is 10.00 Å². The highest BCUT2D eigenvalue weighted by Gasteiger charge is 2.15. The van der Waals surface area contributed by atoms with Gasteiger partial charge in [-0.25, -0.2) is 4.79 Å². The number of nitrogens with one attached hydrogen (secondary N) is 1. The molecule has 0 aliphatic rings. The molecule has 0 aliphatic carbocycles. The van der Waals surface area contributed by atoms with Gasteiger partial charge in [0.05, 0.1) is 11.6 Å². The summed E-state index contributed by atoms with van der Waals surface area (Å²) in [6.45, 7) is 5.96. The Labute approximate surface area is 127 Å². The second-order valence-corrected chi connectivity index (χ2v) is 6.26. The third-order valence-electron chi connectivity index (χ3n) is 2.24. The van der Waals surface area contributed by atoms with Gasteiger partial charge >= 0.3 is 6.09 Å². The monoisotopic (exact) mass is 372 g/mol. The quantitative estimate of drug-likeness (QED) is 0.829. The molecule has 1 aromatic rings. The Morgan fingerprint density at radius 2 is 2.16 bits per heavy atom. The molecule has 0 saturated heterocycles. The first-order valence-corrected chi connectivity index (χ1v) is 7.05. The molecule has 0 unspecified atom stereocenters. The third kappa shape index (κ3) is 5.92. The van der Waals surface area contributed by atoms with Crippen LogP contribution in [0.5, 0.6) is 0 Å². The van der Waals surface area contributed by atoms with Crippen molar-refractivity contribution in [1.82, 2.24) is 5.32 Å². The number of rotatable bonds is 3. The molecule has 4 nitrogen and oxygen atoms in total. The Morgan fingerprint density at radius 3 is 2.74 bits per heavy atom. The highest BCUT2D eigenvalue weighted by molar-refractivity contribution is 14.1. The fraction of sp³-hybridized carbons (Fsp3) is 0.429. The van der Waals surface area contributed by atoms with Crippen LogP contribution in [0.2, 0.25) is 0 Å². The van der Waals surface area contributed by atoms with Gasteiger partial charge in [0, 0.05) is 10.1 Å². The minimum atomic E-state index is -0.487. The number of ether oxygens (including phenoxy) is 1. The maximum absolute atomic E-state index is 11.5. The van der Waals surface area contributed by atoms with Crippen molar-refractivity contribution in [2.75, 3.05) is 6.54 Å². The van der Waals surface area contributed by atoms with Crippen molar-refractivity contribution in [1.29, 1.82) is 5.26 Å². The van der Waals surface area contributed by atoms with E-state index in [1.165, 1.54) is 0 Å². The van der Waals surface area contributed by atoms with E-state index in [0.717, 1.165) is 9.13 Å². The van der Waals surface area contributed by atoms with Crippen LogP contribution in [0.15, 0.2) is 18.2 Å². The predicted octanol–water partition coefficient (Wildman–Crippen LogP) is 3.23. The molecule has 0 heterocycles. The van der Waals surface area contributed by atoms with Crippen molar-refractivity contribution in [3.63, 3.8) is 0 Å². The zero-order valence-corrected chi connectivity index (χ0v) is 13.4. The van der Waals surface area contributed by atoms with Crippen LogP contribution in [-0.2, 0) is 11.2 Å². The third-order valence-corrected chi connectivity index (χ3v) is 3.29. The average molecular weight is 372 g/mol. The van der Waals surface area contributed by atoms with Gasteiger partial charge in [-0.1, -0.05) is 0 Å². The van der Waals surface area contributed by atoms with Gasteiger partial charge < -0.3 is 10.1 Å². The number of nitrogens with zero attached hydrogens (tertiary/aromatic N) is 1. The van der Waals surface area contributed by atoms with Gasteiger partial charge in [0.15, 0.2) is 0 Å². The molecule has 0 saturated carbocycles. The van der Waals surface area contributed by atoms with Crippen LogP contribution in [0, 0.1) is 14.9 Å². The fourth-order valence-electron chi connectivity index (χ4n) is 1.45. The number of nitriles is 1. The summed E-state index contributed by atoms with van der Waals surface area (Å²) in [6.07, 6.45) is 0.256. The predicted molar refractivity (Wildman–Crippen MR) is 81.8 cm³/mol. The molecule has 19 heavy (non-hydrogen) atoms. The summed E-state index contributed by atoms with van der Waals surface area (Å²) >= 11 is 2.22. The summed E-state index contributed by atoms with van der Waals surface area (Å²) in [5, 5.41) is 11.6. The minimum Gasteiger partial charge on any atom is -0.444 e. The molecular weight excluding hydrogens is 355 g/mol. The summed E-state index contributed by atoms with van der Waals surface area (Å²) in [7, 11) is 0. The topological polar surface area (TPSA) is 62.1 Å². The normalized spacial score (nSPS) is 10.7. The largest absolute Gasteiger partial charge is 0.444 e. The van der Waals surface area contributed by atoms with Crippen molar-refractivity contribution in [2.45, 2.75) is 32.8 Å². The molecule has 5 heteroatoms. The van der Waals surface area contributed by atoms with Crippen LogP contribution < -0.4 is 5.32 Å². The standard InChI is InChI=1S/C14H17IN2O2/c1-14(2,3)19-13(18)17-7-6-11-8-10(9-16)4-5-12(11)15/h4-5,8H,6-7H2,1-3H3,(H,17,18). The van der Waals surface area contributed by atoms with Crippen LogP contribution in [0.4, 0.5) is 4.79 Å². The molecular formula is C14H17IN2O2. The molecule has 0 bridgehead atoms. The van der Waals surface area contributed by atoms with Gasteiger partial charge in [0.1, 0.15) is 5.60 Å². The number of halogens is 1. The van der Waals surface area contributed by atoms with Crippen molar-refractivity contribution >= 4 is 28.7 Å². The molecule has 1 amide bonds. The van der Waals surface area contributed by atoms with Crippen LogP contribution in [0.3, 0.4) is 0 Å². The number of carbonyl (C=O) groups is 1. The highest BCUT2D eigenvalue weighted by atomic mass is 127. The van der Waals surface area contributed by atoms with Crippen LogP contribution in [0.25, 0.3) is 0 Å². The summed E-state index contributed by atoms with van der Waals surface area (Å²) < 4.78 is 6.23. The van der Waals surface area contributed by atoms with E-state index in [1.807, 2.05) is 32.9 Å². The second-order valence-electron chi connectivity index (χ2n) is 5.10. The first kappa shape index (κ1) is 15.8. The second kappa shape index (κ2) is 6.75. The lowest BCUT2D eigenvalue weighted by molar-refractivity contribution is 0.0528. The SMILES string of the molecule is CC(C)(C)OC(=O)NCCc1cc(C#N)ccc1I. The van der Waals surface area contributed by atoms with Gasteiger partial charge in [0.2, 0.25) is 0 Å². The van der Waals surface area contributed by atoms with Crippen LogP contribution >= 0.6 is 22.6 Å². The van der Waals surface area contributed by atoms with E-state index < -0.39 is 11.7 Å². The average Bonchev–Trinajstić information content (AvgIpc) is 2.29. The molecule has 0 fully saturated rings. The lowest BCUT2D eigenvalue weighted by atomic mass is 10.1. The number of hydrogen-bond donors (Lipinski definition) is 1. The zero-order valence-electron chi connectivity index (χ0n) is 11.3. The molecule has 0 atom stereocenters. The van der Waals surface area contributed by atoms with E-state index in [9.17, 15) is 4.79 Å². The molecule has 1 N–H and O–H groups in total. The highest BCUT2D eigenvalue weighted by Crippen LogP contribution is 2.14. The summed E-state index contributed by atoms with van der Waals surface area (Å²) in [5.74, 6) is 0. The van der Waals surface area contributed by atoms with Gasteiger partial charge in [-0.05, 0) is 73.5 Å². The molecule has 102 valence electrons. The minimum absolute atomic E-state index is 0.418. The van der Waals surface area contributed by atoms with Crippen molar-refractivity contribution in [2.24, 2.45) is 0 Å². The van der Waals surface area contributed by atoms with E-state index in [0.29, 0.717) is 18.5 Å². The Hall–Kier alpha value is -1.29. The Bertz CT molecular complexity index is 501. The van der Waals surface area contributed by atoms with Gasteiger partial charge in [0.25, 0.3) is 0 Å². The number of carbonyl (C=O) groups excluding carboxylic acids is 1. The molecule has 1 aromatic carbocycles. The smallest absolute Gasteiger partial charge is 0.407 e. The van der Waals surface area contributed by atoms with E-state index >= 15 is 0 Å². The summed E-state index contributed by atoms with van der Waals surface area (Å²) in [4.78, 5) is 11.5. The van der Waals surface area contributed by atoms with E-state index in [1.54, 1.807) is 6.07 Å². The molecule has 0 spiro atoms. The lowest BCUT2D eigenvalue weighted by Gasteiger charge is -2.19. The molecule has 0 aliphatic heterocycles. The first-order chi connectivity index (χ1) is 8.81. The maximum atomic E-state index is 11.5. The fourth-order valence-corrected chi connectivity index (χ4v) is 2.05. The molecule has 0 radical (unpaired) electrons. The van der Waals surface area contributed by atoms with Crippen LogP contribution in [0.1, 0.15) is 31.9 Å². The van der Waals surface area contributed by atoms with Crippen molar-refractivity contribution in [3.8, 4) is 6.07 Å². The Balaban J connectivity index is 2.50. The van der Waals surface area contributed by atoms with E-state index in [-0.39, 0.29) is 0 Å².